The van der Waals surface area contributed by atoms with Crippen molar-refractivity contribution in [2.45, 2.75) is 96.7 Å². The van der Waals surface area contributed by atoms with Gasteiger partial charge in [-0.15, -0.1) is 0 Å². The molecule has 3 aliphatic heterocycles. The smallest absolute Gasteiger partial charge is 0.407 e. The van der Waals surface area contributed by atoms with Crippen molar-refractivity contribution in [3.8, 4) is 5.75 Å². The minimum Gasteiger partial charge on any atom is -0.495 e. The van der Waals surface area contributed by atoms with Crippen LogP contribution in [-0.2, 0) is 25.4 Å². The number of amides is 2. The molecule has 2 unspecified atom stereocenters. The minimum absolute atomic E-state index is 0.0838. The van der Waals surface area contributed by atoms with Crippen LogP contribution in [0.4, 0.5) is 10.5 Å². The molecule has 4 rings (SSSR count). The van der Waals surface area contributed by atoms with Crippen LogP contribution in [0.5, 0.6) is 5.75 Å². The number of nitrogens with zero attached hydrogens (tertiary/aromatic N) is 1. The molecule has 222 valence electrons. The Balaban J connectivity index is 0.00000216. The first-order chi connectivity index (χ1) is 18.9. The second-order valence-corrected chi connectivity index (χ2v) is 11.6. The molecule has 0 saturated carbocycles. The molecule has 3 heterocycles. The summed E-state index contributed by atoms with van der Waals surface area (Å²) in [4.78, 5) is 27.5. The monoisotopic (exact) mass is 576 g/mol. The lowest BCUT2D eigenvalue weighted by molar-refractivity contribution is -0.121. The summed E-state index contributed by atoms with van der Waals surface area (Å²) >= 11 is 6.65. The molecule has 2 saturated heterocycles. The van der Waals surface area contributed by atoms with Crippen molar-refractivity contribution in [2.75, 3.05) is 26.2 Å². The quantitative estimate of drug-likeness (QED) is 0.419. The maximum atomic E-state index is 13.5. The van der Waals surface area contributed by atoms with Crippen molar-refractivity contribution in [3.63, 3.8) is 0 Å². The van der Waals surface area contributed by atoms with Gasteiger partial charge in [-0.3, -0.25) is 4.79 Å². The molecule has 4 bridgehead atoms. The molecule has 0 spiro atoms. The molecule has 3 aliphatic rings. The fourth-order valence-corrected chi connectivity index (χ4v) is 6.04. The first-order valence-corrected chi connectivity index (χ1v) is 14.4. The maximum absolute atomic E-state index is 13.5. The lowest BCUT2D eigenvalue weighted by Crippen LogP contribution is -2.56. The number of hydrogen-bond donors (Lipinski definition) is 1. The lowest BCUT2D eigenvalue weighted by atomic mass is 9.81. The average molecular weight is 577 g/mol. The van der Waals surface area contributed by atoms with Crippen molar-refractivity contribution in [3.05, 3.63) is 46.5 Å². The zero-order chi connectivity index (χ0) is 29.8. The number of methoxy groups -OCH3 is 2. The van der Waals surface area contributed by atoms with E-state index in [9.17, 15) is 9.59 Å². The number of epoxide rings is 1. The van der Waals surface area contributed by atoms with E-state index in [2.05, 4.69) is 17.5 Å². The number of nitrogens with one attached hydrogen (secondary N) is 1. The Morgan fingerprint density at radius 2 is 1.88 bits per heavy atom. The predicted octanol–water partition coefficient (Wildman–Crippen LogP) is 6.24. The second-order valence-electron chi connectivity index (χ2n) is 11.2. The molecule has 40 heavy (non-hydrogen) atoms. The number of benzene rings is 1. The van der Waals surface area contributed by atoms with Gasteiger partial charge in [-0.25, -0.2) is 4.79 Å². The third kappa shape index (κ3) is 6.84. The van der Waals surface area contributed by atoms with Crippen LogP contribution < -0.4 is 15.0 Å². The van der Waals surface area contributed by atoms with Crippen LogP contribution in [0.2, 0.25) is 5.02 Å². The third-order valence-electron chi connectivity index (χ3n) is 8.15. The number of anilines is 1. The largest absolute Gasteiger partial charge is 0.495 e. The Morgan fingerprint density at radius 1 is 1.18 bits per heavy atom. The van der Waals surface area contributed by atoms with Gasteiger partial charge >= 0.3 is 6.09 Å². The highest BCUT2D eigenvalue weighted by atomic mass is 35.5. The predicted molar refractivity (Wildman–Crippen MR) is 158 cm³/mol. The highest BCUT2D eigenvalue weighted by Gasteiger charge is 2.62. The molecule has 0 aliphatic carbocycles. The Morgan fingerprint density at radius 3 is 2.52 bits per heavy atom. The van der Waals surface area contributed by atoms with Gasteiger partial charge in [-0.1, -0.05) is 56.2 Å². The van der Waals surface area contributed by atoms with Crippen molar-refractivity contribution in [1.29, 1.82) is 0 Å². The summed E-state index contributed by atoms with van der Waals surface area (Å²) in [5.74, 6) is 0.271. The number of allylic oxidation sites excluding steroid dienone is 3. The number of hydrogen-bond acceptors (Lipinski definition) is 6. The SMILES string of the molecule is CC.COc1cc2cc(c1Cl)N(C)C(=O)CC(OC)[C@]1(C)O[C@H]1[C@H](C)C1C[C@](C)(C/C=C/C=C(\C)C2)NC(=O)O1. The van der Waals surface area contributed by atoms with Gasteiger partial charge in [0, 0.05) is 32.0 Å². The zero-order valence-corrected chi connectivity index (χ0v) is 26.1. The summed E-state index contributed by atoms with van der Waals surface area (Å²) in [5, 5.41) is 3.38. The van der Waals surface area contributed by atoms with E-state index >= 15 is 0 Å². The van der Waals surface area contributed by atoms with E-state index in [4.69, 9.17) is 30.5 Å². The van der Waals surface area contributed by atoms with Gasteiger partial charge < -0.3 is 29.2 Å². The Bertz CT molecular complexity index is 1150. The average Bonchev–Trinajstić information content (AvgIpc) is 3.61. The molecule has 0 aromatic heterocycles. The second kappa shape index (κ2) is 13.0. The Kier molecular flexibility index (Phi) is 10.4. The molecule has 1 N–H and O–H groups in total. The number of ether oxygens (including phenoxy) is 4. The van der Waals surface area contributed by atoms with Gasteiger partial charge in [0.1, 0.15) is 22.5 Å². The van der Waals surface area contributed by atoms with E-state index < -0.39 is 23.3 Å². The molecule has 1 aromatic carbocycles. The normalized spacial score (nSPS) is 34.6. The van der Waals surface area contributed by atoms with Gasteiger partial charge in [-0.05, 0) is 51.3 Å². The minimum atomic E-state index is -0.689. The molecule has 6 atom stereocenters. The van der Waals surface area contributed by atoms with E-state index in [1.807, 2.05) is 59.8 Å². The number of carbonyl (C=O) groups excluding carboxylic acids is 2. The number of fused-ring (bicyclic) bond motifs is 5. The molecule has 0 radical (unpaired) electrons. The molecule has 9 heteroatoms. The van der Waals surface area contributed by atoms with E-state index in [0.29, 0.717) is 35.7 Å². The first kappa shape index (κ1) is 32.0. The van der Waals surface area contributed by atoms with Crippen molar-refractivity contribution < 1.29 is 28.5 Å². The lowest BCUT2D eigenvalue weighted by Gasteiger charge is -2.40. The Hall–Kier alpha value is -2.55. The van der Waals surface area contributed by atoms with Crippen LogP contribution >= 0.6 is 11.6 Å². The van der Waals surface area contributed by atoms with E-state index in [1.165, 1.54) is 0 Å². The molecular weight excluding hydrogens is 532 g/mol. The van der Waals surface area contributed by atoms with Crippen LogP contribution in [0.3, 0.4) is 0 Å². The number of rotatable bonds is 2. The van der Waals surface area contributed by atoms with Crippen LogP contribution in [0, 0.1) is 5.92 Å². The van der Waals surface area contributed by atoms with Gasteiger partial charge in [0.15, 0.2) is 0 Å². The van der Waals surface area contributed by atoms with Crippen molar-refractivity contribution in [1.82, 2.24) is 5.32 Å². The molecule has 2 amide bonds. The molecule has 8 nitrogen and oxygen atoms in total. The van der Waals surface area contributed by atoms with Crippen LogP contribution in [-0.4, -0.2) is 62.7 Å². The fraction of sp³-hybridized carbons (Fsp3) is 0.613. The summed E-state index contributed by atoms with van der Waals surface area (Å²) in [6.07, 6.45) is 6.75. The molecule has 1 aromatic rings. The van der Waals surface area contributed by atoms with Crippen LogP contribution in [0.25, 0.3) is 0 Å². The zero-order valence-electron chi connectivity index (χ0n) is 25.3. The maximum Gasteiger partial charge on any atom is 0.407 e. The summed E-state index contributed by atoms with van der Waals surface area (Å²) in [6.45, 7) is 12.1. The van der Waals surface area contributed by atoms with Gasteiger partial charge in [0.05, 0.1) is 31.4 Å². The van der Waals surface area contributed by atoms with Gasteiger partial charge in [-0.2, -0.15) is 0 Å². The third-order valence-corrected chi connectivity index (χ3v) is 8.53. The Labute approximate surface area is 244 Å². The number of alkyl carbamates (subject to hydrolysis) is 1. The van der Waals surface area contributed by atoms with Crippen molar-refractivity contribution >= 4 is 29.3 Å². The number of halogens is 1. The van der Waals surface area contributed by atoms with E-state index in [0.717, 1.165) is 11.1 Å². The highest BCUT2D eigenvalue weighted by Crippen LogP contribution is 2.49. The van der Waals surface area contributed by atoms with E-state index in [1.54, 1.807) is 26.2 Å². The summed E-state index contributed by atoms with van der Waals surface area (Å²) in [5.41, 5.74) is 1.54. The summed E-state index contributed by atoms with van der Waals surface area (Å²) < 4.78 is 23.2. The summed E-state index contributed by atoms with van der Waals surface area (Å²) in [6, 6.07) is 3.83. The molecule has 2 fully saturated rings. The number of carbonyl (C=O) groups is 2. The standard InChI is InChI=1S/C29H39ClN2O6.C2H6/c1-17-10-8-9-11-28(3)16-22(37-27(34)31-28)18(2)26-29(4,38-26)23(36-7)15-24(33)32(5)20-13-19(12-17)14-21(35-6)25(20)30;1-2/h8-10,13-14,18,22-23,26H,11-12,15-16H2,1-7H3,(H,31,34);1-2H3/b9-8+,17-10+;/t18-,22?,23?,26+,28+,29+;/m1./s1. The topological polar surface area (TPSA) is 89.6 Å². The van der Waals surface area contributed by atoms with Crippen molar-refractivity contribution in [2.24, 2.45) is 5.92 Å². The fourth-order valence-electron chi connectivity index (χ4n) is 5.73. The highest BCUT2D eigenvalue weighted by molar-refractivity contribution is 6.35. The van der Waals surface area contributed by atoms with Gasteiger partial charge in [0.25, 0.3) is 0 Å². The molecular formula is C31H45ClN2O6. The van der Waals surface area contributed by atoms with Gasteiger partial charge in [0.2, 0.25) is 5.91 Å². The van der Waals surface area contributed by atoms with E-state index in [-0.39, 0.29) is 30.5 Å². The first-order valence-electron chi connectivity index (χ1n) is 14.1. The van der Waals surface area contributed by atoms with Crippen LogP contribution in [0.15, 0.2) is 35.9 Å². The summed E-state index contributed by atoms with van der Waals surface area (Å²) in [7, 11) is 4.86. The van der Waals surface area contributed by atoms with Crippen LogP contribution in [0.1, 0.15) is 66.4 Å².